The van der Waals surface area contributed by atoms with Gasteiger partial charge in [0.2, 0.25) is 0 Å². The number of hydrogen-bond acceptors (Lipinski definition) is 3. The molecule has 0 spiro atoms. The van der Waals surface area contributed by atoms with Crippen LogP contribution in [0.15, 0.2) is 0 Å². The molecule has 15 heavy (non-hydrogen) atoms. The average molecular weight is 217 g/mol. The Kier molecular flexibility index (Phi) is 9.06. The Morgan fingerprint density at radius 1 is 1.00 bits per heavy atom. The van der Waals surface area contributed by atoms with E-state index in [4.69, 9.17) is 9.47 Å². The first-order valence-electron chi connectivity index (χ1n) is 5.83. The third-order valence-electron chi connectivity index (χ3n) is 2.13. The van der Waals surface area contributed by atoms with Crippen molar-refractivity contribution >= 4 is 0 Å². The number of methoxy groups -OCH3 is 1. The molecule has 0 atom stereocenters. The van der Waals surface area contributed by atoms with Gasteiger partial charge in [-0.05, 0) is 31.3 Å². The molecule has 0 saturated carbocycles. The van der Waals surface area contributed by atoms with Crippen LogP contribution < -0.4 is 5.32 Å². The fourth-order valence-corrected chi connectivity index (χ4v) is 1.13. The highest BCUT2D eigenvalue weighted by Crippen LogP contribution is 2.16. The Morgan fingerprint density at radius 2 is 1.73 bits per heavy atom. The minimum Gasteiger partial charge on any atom is -0.382 e. The van der Waals surface area contributed by atoms with Crippen molar-refractivity contribution in [1.82, 2.24) is 5.32 Å². The van der Waals surface area contributed by atoms with Crippen LogP contribution in [0.5, 0.6) is 0 Å². The zero-order valence-corrected chi connectivity index (χ0v) is 10.8. The van der Waals surface area contributed by atoms with E-state index in [1.54, 1.807) is 7.11 Å². The van der Waals surface area contributed by atoms with Gasteiger partial charge in [-0.15, -0.1) is 0 Å². The Bertz CT molecular complexity index is 132. The van der Waals surface area contributed by atoms with Gasteiger partial charge in [0, 0.05) is 13.7 Å². The molecule has 0 radical (unpaired) electrons. The Balaban J connectivity index is 2.99. The van der Waals surface area contributed by atoms with Gasteiger partial charge in [-0.2, -0.15) is 0 Å². The van der Waals surface area contributed by atoms with Crippen LogP contribution in [-0.4, -0.2) is 40.0 Å². The summed E-state index contributed by atoms with van der Waals surface area (Å²) < 4.78 is 10.2. The number of nitrogens with one attached hydrogen (secondary N) is 1. The van der Waals surface area contributed by atoms with Crippen molar-refractivity contribution < 1.29 is 9.47 Å². The zero-order valence-electron chi connectivity index (χ0n) is 10.8. The first kappa shape index (κ1) is 14.9. The summed E-state index contributed by atoms with van der Waals surface area (Å²) in [7, 11) is 1.69. The van der Waals surface area contributed by atoms with Crippen molar-refractivity contribution in [3.8, 4) is 0 Å². The second kappa shape index (κ2) is 9.13. The van der Waals surface area contributed by atoms with E-state index in [9.17, 15) is 0 Å². The molecule has 0 rings (SSSR count). The Labute approximate surface area is 94.5 Å². The van der Waals surface area contributed by atoms with Gasteiger partial charge >= 0.3 is 0 Å². The van der Waals surface area contributed by atoms with Crippen molar-refractivity contribution in [1.29, 1.82) is 0 Å². The molecule has 0 bridgehead atoms. The first-order valence-corrected chi connectivity index (χ1v) is 5.83. The molecule has 0 fully saturated rings. The van der Waals surface area contributed by atoms with Crippen molar-refractivity contribution in [3.05, 3.63) is 0 Å². The highest BCUT2D eigenvalue weighted by Gasteiger charge is 2.08. The number of rotatable bonds is 9. The van der Waals surface area contributed by atoms with Crippen LogP contribution in [0.1, 0.15) is 33.6 Å². The Morgan fingerprint density at radius 3 is 2.33 bits per heavy atom. The molecular weight excluding hydrogens is 190 g/mol. The fraction of sp³-hybridized carbons (Fsp3) is 1.00. The molecule has 3 heteroatoms. The predicted molar refractivity (Wildman–Crippen MR) is 64.3 cm³/mol. The van der Waals surface area contributed by atoms with E-state index >= 15 is 0 Å². The van der Waals surface area contributed by atoms with Crippen molar-refractivity contribution in [2.75, 3.05) is 40.0 Å². The molecule has 92 valence electrons. The lowest BCUT2D eigenvalue weighted by Gasteiger charge is -2.17. The Hall–Kier alpha value is -0.120. The van der Waals surface area contributed by atoms with Crippen LogP contribution in [0.4, 0.5) is 0 Å². The fourth-order valence-electron chi connectivity index (χ4n) is 1.13. The molecule has 0 aromatic rings. The van der Waals surface area contributed by atoms with Crippen LogP contribution in [0.25, 0.3) is 0 Å². The van der Waals surface area contributed by atoms with E-state index < -0.39 is 0 Å². The molecule has 0 aromatic heterocycles. The summed E-state index contributed by atoms with van der Waals surface area (Å²) in [5, 5.41) is 3.42. The second-order valence-electron chi connectivity index (χ2n) is 5.02. The van der Waals surface area contributed by atoms with Gasteiger partial charge in [-0.25, -0.2) is 0 Å². The quantitative estimate of drug-likeness (QED) is 0.600. The third kappa shape index (κ3) is 13.9. The van der Waals surface area contributed by atoms with Crippen molar-refractivity contribution in [2.45, 2.75) is 33.6 Å². The van der Waals surface area contributed by atoms with Crippen LogP contribution in [0, 0.1) is 5.41 Å². The minimum absolute atomic E-state index is 0.433. The summed E-state index contributed by atoms with van der Waals surface area (Å²) in [4.78, 5) is 0. The van der Waals surface area contributed by atoms with Gasteiger partial charge in [0.15, 0.2) is 0 Å². The first-order chi connectivity index (χ1) is 7.06. The van der Waals surface area contributed by atoms with Crippen molar-refractivity contribution in [2.24, 2.45) is 5.41 Å². The van der Waals surface area contributed by atoms with E-state index in [-0.39, 0.29) is 0 Å². The normalized spacial score (nSPS) is 12.0. The summed E-state index contributed by atoms with van der Waals surface area (Å²) in [5.41, 5.74) is 0.433. The molecule has 1 N–H and O–H groups in total. The molecule has 0 saturated heterocycles. The lowest BCUT2D eigenvalue weighted by Crippen LogP contribution is -2.22. The van der Waals surface area contributed by atoms with Crippen LogP contribution >= 0.6 is 0 Å². The average Bonchev–Trinajstić information content (AvgIpc) is 2.14. The van der Waals surface area contributed by atoms with Gasteiger partial charge in [-0.1, -0.05) is 20.8 Å². The molecule has 0 heterocycles. The molecule has 0 unspecified atom stereocenters. The van der Waals surface area contributed by atoms with Crippen LogP contribution in [0.3, 0.4) is 0 Å². The maximum absolute atomic E-state index is 5.36. The van der Waals surface area contributed by atoms with E-state index in [1.807, 2.05) is 0 Å². The molecule has 0 aliphatic heterocycles. The topological polar surface area (TPSA) is 30.5 Å². The summed E-state index contributed by atoms with van der Waals surface area (Å²) in [6.45, 7) is 11.2. The lowest BCUT2D eigenvalue weighted by molar-refractivity contribution is 0.0694. The van der Waals surface area contributed by atoms with Gasteiger partial charge < -0.3 is 14.8 Å². The molecule has 3 nitrogen and oxygen atoms in total. The summed E-state index contributed by atoms with van der Waals surface area (Å²) >= 11 is 0. The highest BCUT2D eigenvalue weighted by molar-refractivity contribution is 4.62. The molecule has 0 aromatic carbocycles. The van der Waals surface area contributed by atoms with Crippen LogP contribution in [-0.2, 0) is 9.47 Å². The number of ether oxygens (including phenoxy) is 2. The zero-order chi connectivity index (χ0) is 11.6. The van der Waals surface area contributed by atoms with Gasteiger partial charge in [0.25, 0.3) is 0 Å². The summed E-state index contributed by atoms with van der Waals surface area (Å²) in [6.07, 6.45) is 2.30. The van der Waals surface area contributed by atoms with E-state index in [1.165, 1.54) is 6.42 Å². The minimum atomic E-state index is 0.433. The molecule has 0 aliphatic carbocycles. The smallest absolute Gasteiger partial charge is 0.0700 e. The van der Waals surface area contributed by atoms with E-state index in [0.717, 1.165) is 26.1 Å². The van der Waals surface area contributed by atoms with Crippen molar-refractivity contribution in [3.63, 3.8) is 0 Å². The monoisotopic (exact) mass is 217 g/mol. The SMILES string of the molecule is COCCOCCCNCCC(C)(C)C. The predicted octanol–water partition coefficient (Wildman–Crippen LogP) is 2.07. The summed E-state index contributed by atoms with van der Waals surface area (Å²) in [6, 6.07) is 0. The van der Waals surface area contributed by atoms with E-state index in [0.29, 0.717) is 18.6 Å². The maximum Gasteiger partial charge on any atom is 0.0700 e. The van der Waals surface area contributed by atoms with E-state index in [2.05, 4.69) is 26.1 Å². The van der Waals surface area contributed by atoms with Gasteiger partial charge in [-0.3, -0.25) is 0 Å². The third-order valence-corrected chi connectivity index (χ3v) is 2.13. The standard InChI is InChI=1S/C12H27NO2/c1-12(2,3)6-8-13-7-5-9-15-11-10-14-4/h13H,5-11H2,1-4H3. The van der Waals surface area contributed by atoms with Crippen LogP contribution in [0.2, 0.25) is 0 Å². The molecule has 0 amide bonds. The maximum atomic E-state index is 5.36. The van der Waals surface area contributed by atoms with Gasteiger partial charge in [0.05, 0.1) is 13.2 Å². The summed E-state index contributed by atoms with van der Waals surface area (Å²) in [5.74, 6) is 0. The lowest BCUT2D eigenvalue weighted by atomic mass is 9.92. The number of hydrogen-bond donors (Lipinski definition) is 1. The van der Waals surface area contributed by atoms with Gasteiger partial charge in [0.1, 0.15) is 0 Å². The second-order valence-corrected chi connectivity index (χ2v) is 5.02. The largest absolute Gasteiger partial charge is 0.382 e. The molecular formula is C12H27NO2. The highest BCUT2D eigenvalue weighted by atomic mass is 16.5. The molecule has 0 aliphatic rings.